The van der Waals surface area contributed by atoms with E-state index in [1.165, 1.54) is 24.0 Å². The minimum atomic E-state index is 0.411. The Hall–Kier alpha value is -2.30. The summed E-state index contributed by atoms with van der Waals surface area (Å²) in [4.78, 5) is 4.16. The van der Waals surface area contributed by atoms with Gasteiger partial charge in [-0.2, -0.15) is 5.10 Å². The third-order valence-electron chi connectivity index (χ3n) is 3.98. The summed E-state index contributed by atoms with van der Waals surface area (Å²) in [6, 6.07) is 4.14. The minimum absolute atomic E-state index is 0.411. The molecule has 0 bridgehead atoms. The molecule has 0 aliphatic heterocycles. The molecule has 0 saturated carbocycles. The van der Waals surface area contributed by atoms with Crippen molar-refractivity contribution in [2.45, 2.75) is 39.5 Å². The number of ether oxygens (including phenoxy) is 1. The molecule has 116 valence electrons. The zero-order valence-electron chi connectivity index (χ0n) is 13.2. The smallest absolute Gasteiger partial charge is 0.221 e. The molecule has 1 aliphatic rings. The first-order valence-electron chi connectivity index (χ1n) is 7.82. The molecular formula is C17H22N4O. The summed E-state index contributed by atoms with van der Waals surface area (Å²) in [7, 11) is 0. The van der Waals surface area contributed by atoms with Gasteiger partial charge in [0.25, 0.3) is 0 Å². The largest absolute Gasteiger partial charge is 0.494 e. The predicted octanol–water partition coefficient (Wildman–Crippen LogP) is 2.93. The van der Waals surface area contributed by atoms with Gasteiger partial charge in [0, 0.05) is 0 Å². The molecule has 5 nitrogen and oxygen atoms in total. The first kappa shape index (κ1) is 14.6. The van der Waals surface area contributed by atoms with Gasteiger partial charge in [0.05, 0.1) is 24.7 Å². The molecule has 0 atom stereocenters. The number of benzene rings is 1. The lowest BCUT2D eigenvalue weighted by Gasteiger charge is -2.21. The van der Waals surface area contributed by atoms with E-state index in [2.05, 4.69) is 22.2 Å². The van der Waals surface area contributed by atoms with Gasteiger partial charge in [-0.05, 0) is 68.4 Å². The van der Waals surface area contributed by atoms with Gasteiger partial charge >= 0.3 is 0 Å². The van der Waals surface area contributed by atoms with Gasteiger partial charge in [0.15, 0.2) is 0 Å². The third kappa shape index (κ3) is 2.84. The zero-order valence-corrected chi connectivity index (χ0v) is 13.2. The van der Waals surface area contributed by atoms with Crippen molar-refractivity contribution in [1.29, 1.82) is 0 Å². The summed E-state index contributed by atoms with van der Waals surface area (Å²) < 4.78 is 7.38. The lowest BCUT2D eigenvalue weighted by molar-refractivity contribution is 0.334. The summed E-state index contributed by atoms with van der Waals surface area (Å²) in [6.07, 6.45) is 8.30. The molecular weight excluding hydrogens is 276 g/mol. The minimum Gasteiger partial charge on any atom is -0.494 e. The second kappa shape index (κ2) is 6.22. The molecule has 1 aromatic heterocycles. The predicted molar refractivity (Wildman–Crippen MR) is 88.6 cm³/mol. The van der Waals surface area contributed by atoms with Gasteiger partial charge in [-0.1, -0.05) is 0 Å². The van der Waals surface area contributed by atoms with E-state index in [-0.39, 0.29) is 0 Å². The molecule has 1 aliphatic carbocycles. The van der Waals surface area contributed by atoms with Gasteiger partial charge in [-0.25, -0.2) is 9.66 Å². The van der Waals surface area contributed by atoms with E-state index in [9.17, 15) is 0 Å². The maximum Gasteiger partial charge on any atom is 0.221 e. The highest BCUT2D eigenvalue weighted by molar-refractivity contribution is 5.83. The highest BCUT2D eigenvalue weighted by atomic mass is 16.5. The van der Waals surface area contributed by atoms with E-state index in [1.807, 2.05) is 26.3 Å². The molecule has 1 heterocycles. The molecule has 0 saturated heterocycles. The van der Waals surface area contributed by atoms with E-state index in [1.54, 1.807) is 4.68 Å². The number of imidazole rings is 1. The van der Waals surface area contributed by atoms with E-state index in [0.717, 1.165) is 29.8 Å². The second-order valence-electron chi connectivity index (χ2n) is 5.58. The number of fused-ring (bicyclic) bond motifs is 1. The SMILES string of the molecule is CCOc1ccc(C=Nn2cc(C)nc2N)c2c1CCCC2. The van der Waals surface area contributed by atoms with Crippen LogP contribution in [0.4, 0.5) is 5.95 Å². The summed E-state index contributed by atoms with van der Waals surface area (Å²) in [6.45, 7) is 4.63. The normalized spacial score (nSPS) is 14.3. The molecule has 5 heteroatoms. The quantitative estimate of drug-likeness (QED) is 0.883. The molecule has 0 fully saturated rings. The number of nitrogen functional groups attached to an aromatic ring is 1. The van der Waals surface area contributed by atoms with Crippen molar-refractivity contribution in [2.24, 2.45) is 5.10 Å². The molecule has 0 radical (unpaired) electrons. The van der Waals surface area contributed by atoms with Crippen LogP contribution in [0.25, 0.3) is 0 Å². The second-order valence-corrected chi connectivity index (χ2v) is 5.58. The van der Waals surface area contributed by atoms with Crippen LogP contribution in [0.1, 0.15) is 42.1 Å². The average Bonchev–Trinajstić information content (AvgIpc) is 2.84. The number of nitrogens with zero attached hydrogens (tertiary/aromatic N) is 3. The van der Waals surface area contributed by atoms with Crippen molar-refractivity contribution in [3.05, 3.63) is 40.7 Å². The van der Waals surface area contributed by atoms with Crippen molar-refractivity contribution in [1.82, 2.24) is 9.66 Å². The Labute approximate surface area is 130 Å². The van der Waals surface area contributed by atoms with Crippen molar-refractivity contribution >= 4 is 12.2 Å². The maximum absolute atomic E-state index is 5.83. The number of hydrogen-bond donors (Lipinski definition) is 1. The van der Waals surface area contributed by atoms with Crippen LogP contribution in [0.3, 0.4) is 0 Å². The average molecular weight is 298 g/mol. The van der Waals surface area contributed by atoms with Gasteiger partial charge in [-0.15, -0.1) is 0 Å². The fourth-order valence-electron chi connectivity index (χ4n) is 2.99. The first-order valence-corrected chi connectivity index (χ1v) is 7.82. The van der Waals surface area contributed by atoms with Crippen LogP contribution in [-0.4, -0.2) is 22.5 Å². The van der Waals surface area contributed by atoms with Crippen LogP contribution >= 0.6 is 0 Å². The molecule has 1 aromatic carbocycles. The molecule has 22 heavy (non-hydrogen) atoms. The Morgan fingerprint density at radius 3 is 2.77 bits per heavy atom. The molecule has 2 aromatic rings. The Bertz CT molecular complexity index is 703. The maximum atomic E-state index is 5.83. The monoisotopic (exact) mass is 298 g/mol. The van der Waals surface area contributed by atoms with Crippen molar-refractivity contribution in [3.8, 4) is 5.75 Å². The van der Waals surface area contributed by atoms with Crippen molar-refractivity contribution in [2.75, 3.05) is 12.3 Å². The standard InChI is InChI=1S/C17H22N4O/c1-3-22-16-9-8-13(14-6-4-5-7-15(14)16)10-19-21-11-12(2)20-17(21)18/h8-11H,3-7H2,1-2H3,(H2,18,20). The van der Waals surface area contributed by atoms with Gasteiger partial charge < -0.3 is 10.5 Å². The molecule has 0 amide bonds. The molecule has 0 unspecified atom stereocenters. The third-order valence-corrected chi connectivity index (χ3v) is 3.98. The summed E-state index contributed by atoms with van der Waals surface area (Å²) in [5.74, 6) is 1.43. The Balaban J connectivity index is 1.95. The number of aryl methyl sites for hydroxylation is 1. The number of anilines is 1. The van der Waals surface area contributed by atoms with Crippen LogP contribution in [0.15, 0.2) is 23.4 Å². The molecule has 2 N–H and O–H groups in total. The van der Waals surface area contributed by atoms with Crippen LogP contribution in [0, 0.1) is 6.92 Å². The Morgan fingerprint density at radius 1 is 1.32 bits per heavy atom. The van der Waals surface area contributed by atoms with E-state index >= 15 is 0 Å². The van der Waals surface area contributed by atoms with Gasteiger partial charge in [-0.3, -0.25) is 0 Å². The van der Waals surface area contributed by atoms with Crippen LogP contribution in [0.5, 0.6) is 5.75 Å². The van der Waals surface area contributed by atoms with Crippen LogP contribution in [-0.2, 0) is 12.8 Å². The lowest BCUT2D eigenvalue weighted by Crippen LogP contribution is -2.09. The highest BCUT2D eigenvalue weighted by Crippen LogP contribution is 2.31. The van der Waals surface area contributed by atoms with E-state index < -0.39 is 0 Å². The number of rotatable bonds is 4. The fourth-order valence-corrected chi connectivity index (χ4v) is 2.99. The lowest BCUT2D eigenvalue weighted by atomic mass is 9.88. The summed E-state index contributed by atoms with van der Waals surface area (Å²) >= 11 is 0. The highest BCUT2D eigenvalue weighted by Gasteiger charge is 2.17. The van der Waals surface area contributed by atoms with Crippen molar-refractivity contribution in [3.63, 3.8) is 0 Å². The van der Waals surface area contributed by atoms with Crippen LogP contribution in [0.2, 0.25) is 0 Å². The Morgan fingerprint density at radius 2 is 2.09 bits per heavy atom. The van der Waals surface area contributed by atoms with Crippen LogP contribution < -0.4 is 10.5 Å². The van der Waals surface area contributed by atoms with Gasteiger partial charge in [0.2, 0.25) is 5.95 Å². The first-order chi connectivity index (χ1) is 10.7. The topological polar surface area (TPSA) is 65.4 Å². The molecule has 0 spiro atoms. The Kier molecular flexibility index (Phi) is 4.13. The van der Waals surface area contributed by atoms with E-state index in [0.29, 0.717) is 12.6 Å². The zero-order chi connectivity index (χ0) is 15.5. The van der Waals surface area contributed by atoms with Gasteiger partial charge in [0.1, 0.15) is 5.75 Å². The van der Waals surface area contributed by atoms with Crippen molar-refractivity contribution < 1.29 is 4.74 Å². The summed E-state index contributed by atoms with van der Waals surface area (Å²) in [5, 5.41) is 4.44. The molecule has 3 rings (SSSR count). The number of nitrogens with two attached hydrogens (primary N) is 1. The summed E-state index contributed by atoms with van der Waals surface area (Å²) in [5.41, 5.74) is 10.5. The number of hydrogen-bond acceptors (Lipinski definition) is 4. The van der Waals surface area contributed by atoms with E-state index in [4.69, 9.17) is 10.5 Å². The number of aromatic nitrogens is 2. The fraction of sp³-hybridized carbons (Fsp3) is 0.412.